The van der Waals surface area contributed by atoms with Gasteiger partial charge in [-0.15, -0.1) is 11.3 Å². The van der Waals surface area contributed by atoms with Gasteiger partial charge in [-0.25, -0.2) is 0 Å². The Morgan fingerprint density at radius 2 is 2.20 bits per heavy atom. The second-order valence-electron chi connectivity index (χ2n) is 5.05. The van der Waals surface area contributed by atoms with E-state index in [2.05, 4.69) is 15.9 Å². The average molecular weight is 354 g/mol. The summed E-state index contributed by atoms with van der Waals surface area (Å²) in [5, 5.41) is 1.94. The van der Waals surface area contributed by atoms with Crippen LogP contribution in [0, 0.1) is 0 Å². The number of hydrogen-bond donors (Lipinski definition) is 0. The normalized spacial score (nSPS) is 15.7. The van der Waals surface area contributed by atoms with Gasteiger partial charge in [-0.1, -0.05) is 12.8 Å². The van der Waals surface area contributed by atoms with Gasteiger partial charge in [-0.05, 0) is 52.4 Å². The van der Waals surface area contributed by atoms with Crippen molar-refractivity contribution >= 4 is 33.2 Å². The number of carbonyl (C=O) groups excluding carboxylic acids is 1. The topological polar surface area (TPSA) is 33.5 Å². The third-order valence-corrected chi connectivity index (χ3v) is 5.57. The summed E-state index contributed by atoms with van der Waals surface area (Å²) in [6.07, 6.45) is 6.26. The molecule has 0 unspecified atom stereocenters. The quantitative estimate of drug-likeness (QED) is 0.798. The van der Waals surface area contributed by atoms with Crippen LogP contribution in [0.1, 0.15) is 41.1 Å². The Hall–Kier alpha value is -1.07. The zero-order valence-electron chi connectivity index (χ0n) is 11.0. The smallest absolute Gasteiger partial charge is 0.265 e. The lowest BCUT2D eigenvalue weighted by Crippen LogP contribution is -2.38. The standard InChI is InChI=1S/C15H16BrNO2S/c16-13-7-9-20-14(13)15(18)17(11-4-1-2-5-11)10-12-6-3-8-19-12/h3,6-9,11H,1-2,4-5,10H2. The minimum Gasteiger partial charge on any atom is -0.467 e. The van der Waals surface area contributed by atoms with E-state index in [0.29, 0.717) is 12.6 Å². The molecule has 106 valence electrons. The highest BCUT2D eigenvalue weighted by molar-refractivity contribution is 9.10. The summed E-state index contributed by atoms with van der Waals surface area (Å²) in [5.41, 5.74) is 0. The molecule has 1 fully saturated rings. The van der Waals surface area contributed by atoms with Crippen LogP contribution in [-0.4, -0.2) is 16.8 Å². The van der Waals surface area contributed by atoms with Gasteiger partial charge in [0.25, 0.3) is 5.91 Å². The Labute approximate surface area is 130 Å². The van der Waals surface area contributed by atoms with Crippen molar-refractivity contribution in [2.45, 2.75) is 38.3 Å². The van der Waals surface area contributed by atoms with Crippen LogP contribution >= 0.6 is 27.3 Å². The maximum Gasteiger partial charge on any atom is 0.265 e. The molecule has 0 spiro atoms. The van der Waals surface area contributed by atoms with Crippen molar-refractivity contribution in [1.82, 2.24) is 4.90 Å². The van der Waals surface area contributed by atoms with Crippen LogP contribution in [0.3, 0.4) is 0 Å². The Balaban J connectivity index is 1.84. The Morgan fingerprint density at radius 3 is 2.80 bits per heavy atom. The van der Waals surface area contributed by atoms with E-state index in [1.807, 2.05) is 28.5 Å². The molecule has 3 rings (SSSR count). The number of nitrogens with zero attached hydrogens (tertiary/aromatic N) is 1. The molecule has 1 amide bonds. The summed E-state index contributed by atoms with van der Waals surface area (Å²) in [7, 11) is 0. The van der Waals surface area contributed by atoms with Crippen LogP contribution in [0.5, 0.6) is 0 Å². The largest absolute Gasteiger partial charge is 0.467 e. The first-order valence-corrected chi connectivity index (χ1v) is 8.49. The first-order chi connectivity index (χ1) is 9.75. The molecule has 0 saturated heterocycles. The third kappa shape index (κ3) is 2.83. The van der Waals surface area contributed by atoms with E-state index in [0.717, 1.165) is 28.0 Å². The van der Waals surface area contributed by atoms with Crippen molar-refractivity contribution in [3.63, 3.8) is 0 Å². The van der Waals surface area contributed by atoms with Gasteiger partial charge in [-0.2, -0.15) is 0 Å². The van der Waals surface area contributed by atoms with Gasteiger partial charge < -0.3 is 9.32 Å². The minimum atomic E-state index is 0.107. The molecule has 0 aromatic carbocycles. The maximum absolute atomic E-state index is 12.8. The van der Waals surface area contributed by atoms with Crippen molar-refractivity contribution in [3.05, 3.63) is 45.0 Å². The van der Waals surface area contributed by atoms with E-state index in [1.54, 1.807) is 6.26 Å². The van der Waals surface area contributed by atoms with Gasteiger partial charge in [0.15, 0.2) is 0 Å². The zero-order valence-corrected chi connectivity index (χ0v) is 13.5. The van der Waals surface area contributed by atoms with Gasteiger partial charge in [0, 0.05) is 10.5 Å². The third-order valence-electron chi connectivity index (χ3n) is 3.74. The number of thiophene rings is 1. The molecule has 0 bridgehead atoms. The monoisotopic (exact) mass is 353 g/mol. The molecular weight excluding hydrogens is 338 g/mol. The molecule has 2 aromatic heterocycles. The highest BCUT2D eigenvalue weighted by atomic mass is 79.9. The molecule has 2 heterocycles. The van der Waals surface area contributed by atoms with E-state index in [9.17, 15) is 4.79 Å². The van der Waals surface area contributed by atoms with Crippen LogP contribution in [-0.2, 0) is 6.54 Å². The number of hydrogen-bond acceptors (Lipinski definition) is 3. The first kappa shape index (κ1) is 13.9. The van der Waals surface area contributed by atoms with Gasteiger partial charge in [-0.3, -0.25) is 4.79 Å². The molecule has 2 aromatic rings. The summed E-state index contributed by atoms with van der Waals surface area (Å²) < 4.78 is 6.30. The molecule has 1 aliphatic carbocycles. The molecule has 0 radical (unpaired) electrons. The molecule has 1 saturated carbocycles. The van der Waals surface area contributed by atoms with Crippen LogP contribution < -0.4 is 0 Å². The molecule has 0 atom stereocenters. The number of amides is 1. The summed E-state index contributed by atoms with van der Waals surface area (Å²) in [4.78, 5) is 15.6. The molecule has 1 aliphatic rings. The van der Waals surface area contributed by atoms with Crippen molar-refractivity contribution < 1.29 is 9.21 Å². The van der Waals surface area contributed by atoms with Crippen molar-refractivity contribution in [2.75, 3.05) is 0 Å². The van der Waals surface area contributed by atoms with Gasteiger partial charge >= 0.3 is 0 Å². The van der Waals surface area contributed by atoms with E-state index < -0.39 is 0 Å². The van der Waals surface area contributed by atoms with E-state index >= 15 is 0 Å². The maximum atomic E-state index is 12.8. The fourth-order valence-electron chi connectivity index (χ4n) is 2.73. The fourth-order valence-corrected chi connectivity index (χ4v) is 4.23. The Morgan fingerprint density at radius 1 is 1.40 bits per heavy atom. The molecule has 3 nitrogen and oxygen atoms in total. The van der Waals surface area contributed by atoms with E-state index in [1.165, 1.54) is 24.2 Å². The lowest BCUT2D eigenvalue weighted by molar-refractivity contribution is 0.0653. The van der Waals surface area contributed by atoms with Gasteiger partial charge in [0.2, 0.25) is 0 Å². The summed E-state index contributed by atoms with van der Waals surface area (Å²) in [6, 6.07) is 6.06. The first-order valence-electron chi connectivity index (χ1n) is 6.82. The van der Waals surface area contributed by atoms with Gasteiger partial charge in [0.1, 0.15) is 10.6 Å². The minimum absolute atomic E-state index is 0.107. The number of halogens is 1. The zero-order chi connectivity index (χ0) is 13.9. The second kappa shape index (κ2) is 6.14. The van der Waals surface area contributed by atoms with Crippen LogP contribution in [0.2, 0.25) is 0 Å². The Bertz CT molecular complexity index is 572. The van der Waals surface area contributed by atoms with Crippen molar-refractivity contribution in [3.8, 4) is 0 Å². The lowest BCUT2D eigenvalue weighted by atomic mass is 10.2. The Kier molecular flexibility index (Phi) is 4.27. The highest BCUT2D eigenvalue weighted by Gasteiger charge is 2.29. The number of rotatable bonds is 4. The van der Waals surface area contributed by atoms with Crippen molar-refractivity contribution in [2.24, 2.45) is 0 Å². The van der Waals surface area contributed by atoms with E-state index in [-0.39, 0.29) is 5.91 Å². The highest BCUT2D eigenvalue weighted by Crippen LogP contribution is 2.30. The average Bonchev–Trinajstić information content (AvgIpc) is 3.17. The predicted molar refractivity (Wildman–Crippen MR) is 82.9 cm³/mol. The molecular formula is C15H16BrNO2S. The summed E-state index contributed by atoms with van der Waals surface area (Å²) in [5.74, 6) is 0.952. The predicted octanol–water partition coefficient (Wildman–Crippen LogP) is 4.69. The summed E-state index contributed by atoms with van der Waals surface area (Å²) in [6.45, 7) is 0.556. The van der Waals surface area contributed by atoms with Crippen molar-refractivity contribution in [1.29, 1.82) is 0 Å². The molecule has 0 N–H and O–H groups in total. The van der Waals surface area contributed by atoms with Crippen LogP contribution in [0.15, 0.2) is 38.7 Å². The van der Waals surface area contributed by atoms with Gasteiger partial charge in [0.05, 0.1) is 12.8 Å². The lowest BCUT2D eigenvalue weighted by Gasteiger charge is -2.28. The van der Waals surface area contributed by atoms with Crippen LogP contribution in [0.4, 0.5) is 0 Å². The van der Waals surface area contributed by atoms with E-state index in [4.69, 9.17) is 4.42 Å². The fraction of sp³-hybridized carbons (Fsp3) is 0.400. The molecule has 5 heteroatoms. The summed E-state index contributed by atoms with van der Waals surface area (Å²) >= 11 is 4.95. The SMILES string of the molecule is O=C(c1sccc1Br)N(Cc1ccco1)C1CCCC1. The number of furan rings is 1. The second-order valence-corrected chi connectivity index (χ2v) is 6.82. The number of carbonyl (C=O) groups is 1. The molecule has 0 aliphatic heterocycles. The molecule has 20 heavy (non-hydrogen) atoms. The van der Waals surface area contributed by atoms with Crippen LogP contribution in [0.25, 0.3) is 0 Å².